The molecule has 3 N–H and O–H groups in total. The monoisotopic (exact) mass is 254 g/mol. The molecule has 1 aliphatic carbocycles. The standard InChI is InChI=1S/C13H22N2O3/c16-12(9-5-7-14-8-6-9)15-11-3-1-10(2-4-11)13(17)18/h9-11,14H,1-8H2,(H,15,16)(H,17,18). The minimum absolute atomic E-state index is 0.142. The van der Waals surface area contributed by atoms with Crippen LogP contribution in [0.4, 0.5) is 0 Å². The van der Waals surface area contributed by atoms with Crippen molar-refractivity contribution in [1.82, 2.24) is 10.6 Å². The van der Waals surface area contributed by atoms with E-state index in [0.29, 0.717) is 12.8 Å². The molecule has 0 aromatic carbocycles. The summed E-state index contributed by atoms with van der Waals surface area (Å²) < 4.78 is 0. The zero-order valence-corrected chi connectivity index (χ0v) is 10.7. The third-order valence-electron chi connectivity index (χ3n) is 4.13. The van der Waals surface area contributed by atoms with E-state index in [2.05, 4.69) is 10.6 Å². The average Bonchev–Trinajstić information content (AvgIpc) is 2.40. The molecule has 1 saturated heterocycles. The molecule has 5 nitrogen and oxygen atoms in total. The van der Waals surface area contributed by atoms with Gasteiger partial charge in [-0.15, -0.1) is 0 Å². The fourth-order valence-electron chi connectivity index (χ4n) is 2.89. The van der Waals surface area contributed by atoms with Crippen LogP contribution in [0.1, 0.15) is 38.5 Å². The van der Waals surface area contributed by atoms with Gasteiger partial charge in [0.15, 0.2) is 0 Å². The quantitative estimate of drug-likeness (QED) is 0.694. The van der Waals surface area contributed by atoms with Gasteiger partial charge in [0, 0.05) is 12.0 Å². The molecule has 0 aromatic heterocycles. The SMILES string of the molecule is O=C(O)C1CCC(NC(=O)C2CCNCC2)CC1. The minimum atomic E-state index is -0.696. The smallest absolute Gasteiger partial charge is 0.306 e. The van der Waals surface area contributed by atoms with E-state index in [9.17, 15) is 9.59 Å². The molecule has 0 spiro atoms. The topological polar surface area (TPSA) is 78.4 Å². The van der Waals surface area contributed by atoms with Crippen molar-refractivity contribution in [3.05, 3.63) is 0 Å². The fourth-order valence-corrected chi connectivity index (χ4v) is 2.89. The van der Waals surface area contributed by atoms with Crippen molar-refractivity contribution in [2.24, 2.45) is 11.8 Å². The zero-order chi connectivity index (χ0) is 13.0. The van der Waals surface area contributed by atoms with Gasteiger partial charge in [0.1, 0.15) is 0 Å². The Morgan fingerprint density at radius 3 is 2.11 bits per heavy atom. The molecule has 1 heterocycles. The number of aliphatic carboxylic acids is 1. The van der Waals surface area contributed by atoms with Gasteiger partial charge in [-0.25, -0.2) is 0 Å². The highest BCUT2D eigenvalue weighted by Crippen LogP contribution is 2.25. The van der Waals surface area contributed by atoms with Crippen molar-refractivity contribution in [3.8, 4) is 0 Å². The Morgan fingerprint density at radius 1 is 0.944 bits per heavy atom. The molecule has 18 heavy (non-hydrogen) atoms. The molecule has 102 valence electrons. The summed E-state index contributed by atoms with van der Waals surface area (Å²) in [5.74, 6) is -0.603. The van der Waals surface area contributed by atoms with Crippen LogP contribution in [-0.4, -0.2) is 36.1 Å². The van der Waals surface area contributed by atoms with E-state index < -0.39 is 5.97 Å². The summed E-state index contributed by atoms with van der Waals surface area (Å²) in [4.78, 5) is 22.9. The van der Waals surface area contributed by atoms with E-state index in [0.717, 1.165) is 38.8 Å². The summed E-state index contributed by atoms with van der Waals surface area (Å²) >= 11 is 0. The summed E-state index contributed by atoms with van der Waals surface area (Å²) in [6.07, 6.45) is 4.80. The number of rotatable bonds is 3. The van der Waals surface area contributed by atoms with E-state index in [4.69, 9.17) is 5.11 Å². The normalized spacial score (nSPS) is 29.8. The second-order valence-electron chi connectivity index (χ2n) is 5.42. The lowest BCUT2D eigenvalue weighted by atomic mass is 9.85. The molecular weight excluding hydrogens is 232 g/mol. The first-order chi connectivity index (χ1) is 8.66. The maximum Gasteiger partial charge on any atom is 0.306 e. The van der Waals surface area contributed by atoms with Crippen molar-refractivity contribution < 1.29 is 14.7 Å². The van der Waals surface area contributed by atoms with Crippen molar-refractivity contribution in [2.45, 2.75) is 44.6 Å². The van der Waals surface area contributed by atoms with Gasteiger partial charge in [0.2, 0.25) is 5.91 Å². The highest BCUT2D eigenvalue weighted by Gasteiger charge is 2.28. The highest BCUT2D eigenvalue weighted by atomic mass is 16.4. The van der Waals surface area contributed by atoms with Gasteiger partial charge in [-0.2, -0.15) is 0 Å². The lowest BCUT2D eigenvalue weighted by molar-refractivity contribution is -0.142. The molecule has 2 fully saturated rings. The van der Waals surface area contributed by atoms with Crippen LogP contribution in [0, 0.1) is 11.8 Å². The van der Waals surface area contributed by atoms with E-state index in [-0.39, 0.29) is 23.8 Å². The van der Waals surface area contributed by atoms with Crippen LogP contribution in [0.25, 0.3) is 0 Å². The molecular formula is C13H22N2O3. The maximum atomic E-state index is 12.0. The molecule has 0 aromatic rings. The molecule has 0 atom stereocenters. The van der Waals surface area contributed by atoms with Crippen molar-refractivity contribution in [1.29, 1.82) is 0 Å². The summed E-state index contributed by atoms with van der Waals surface area (Å²) in [6, 6.07) is 0.183. The van der Waals surface area contributed by atoms with Crippen molar-refractivity contribution in [3.63, 3.8) is 0 Å². The number of hydrogen-bond donors (Lipinski definition) is 3. The Hall–Kier alpha value is -1.10. The molecule has 2 rings (SSSR count). The van der Waals surface area contributed by atoms with Crippen LogP contribution >= 0.6 is 0 Å². The molecule has 0 unspecified atom stereocenters. The summed E-state index contributed by atoms with van der Waals surface area (Å²) in [6.45, 7) is 1.84. The van der Waals surface area contributed by atoms with Gasteiger partial charge in [-0.05, 0) is 51.6 Å². The largest absolute Gasteiger partial charge is 0.481 e. The first-order valence-corrected chi connectivity index (χ1v) is 6.90. The number of piperidine rings is 1. The molecule has 1 saturated carbocycles. The molecule has 0 radical (unpaired) electrons. The Labute approximate surface area is 107 Å². The van der Waals surface area contributed by atoms with Crippen molar-refractivity contribution >= 4 is 11.9 Å². The predicted molar refractivity (Wildman–Crippen MR) is 67.1 cm³/mol. The first kappa shape index (κ1) is 13.3. The second-order valence-corrected chi connectivity index (χ2v) is 5.42. The number of nitrogens with one attached hydrogen (secondary N) is 2. The molecule has 1 aliphatic heterocycles. The second kappa shape index (κ2) is 6.18. The van der Waals surface area contributed by atoms with Crippen LogP contribution in [0.3, 0.4) is 0 Å². The summed E-state index contributed by atoms with van der Waals surface area (Å²) in [7, 11) is 0. The first-order valence-electron chi connectivity index (χ1n) is 6.90. The lowest BCUT2D eigenvalue weighted by Gasteiger charge is -2.29. The van der Waals surface area contributed by atoms with Crippen LogP contribution in [0.5, 0.6) is 0 Å². The van der Waals surface area contributed by atoms with Crippen LogP contribution < -0.4 is 10.6 Å². The summed E-state index contributed by atoms with van der Waals surface area (Å²) in [5, 5.41) is 15.3. The van der Waals surface area contributed by atoms with Crippen LogP contribution in [-0.2, 0) is 9.59 Å². The number of hydrogen-bond acceptors (Lipinski definition) is 3. The average molecular weight is 254 g/mol. The molecule has 1 amide bonds. The summed E-state index contributed by atoms with van der Waals surface area (Å²) in [5.41, 5.74) is 0. The van der Waals surface area contributed by atoms with E-state index in [1.165, 1.54) is 0 Å². The fraction of sp³-hybridized carbons (Fsp3) is 0.846. The van der Waals surface area contributed by atoms with E-state index in [1.54, 1.807) is 0 Å². The minimum Gasteiger partial charge on any atom is -0.481 e. The van der Waals surface area contributed by atoms with Gasteiger partial charge < -0.3 is 15.7 Å². The third-order valence-corrected chi connectivity index (χ3v) is 4.13. The number of carbonyl (C=O) groups is 2. The Kier molecular flexibility index (Phi) is 4.58. The van der Waals surface area contributed by atoms with Gasteiger partial charge in [0.25, 0.3) is 0 Å². The molecule has 5 heteroatoms. The Morgan fingerprint density at radius 2 is 1.56 bits per heavy atom. The van der Waals surface area contributed by atoms with Gasteiger partial charge in [-0.1, -0.05) is 0 Å². The van der Waals surface area contributed by atoms with Gasteiger partial charge >= 0.3 is 5.97 Å². The number of carboxylic acid groups (broad SMARTS) is 1. The molecule has 2 aliphatic rings. The van der Waals surface area contributed by atoms with E-state index >= 15 is 0 Å². The van der Waals surface area contributed by atoms with Gasteiger partial charge in [-0.3, -0.25) is 9.59 Å². The number of amides is 1. The highest BCUT2D eigenvalue weighted by molar-refractivity contribution is 5.79. The lowest BCUT2D eigenvalue weighted by Crippen LogP contribution is -2.44. The van der Waals surface area contributed by atoms with Crippen molar-refractivity contribution in [2.75, 3.05) is 13.1 Å². The Balaban J connectivity index is 1.73. The predicted octanol–water partition coefficient (Wildman–Crippen LogP) is 0.746. The van der Waals surface area contributed by atoms with E-state index in [1.807, 2.05) is 0 Å². The number of carbonyl (C=O) groups excluding carboxylic acids is 1. The third kappa shape index (κ3) is 3.45. The Bertz CT molecular complexity index is 305. The van der Waals surface area contributed by atoms with Crippen LogP contribution in [0.15, 0.2) is 0 Å². The van der Waals surface area contributed by atoms with Gasteiger partial charge in [0.05, 0.1) is 5.92 Å². The van der Waals surface area contributed by atoms with Crippen LogP contribution in [0.2, 0.25) is 0 Å². The number of carboxylic acids is 1. The molecule has 0 bridgehead atoms. The maximum absolute atomic E-state index is 12.0. The zero-order valence-electron chi connectivity index (χ0n) is 10.7.